The normalized spacial score (nSPS) is 15.5. The molecule has 3 rings (SSSR count). The number of methoxy groups -OCH3 is 1. The molecule has 8 heteroatoms. The highest BCUT2D eigenvalue weighted by molar-refractivity contribution is 8.18. The van der Waals surface area contributed by atoms with Crippen LogP contribution in [0.2, 0.25) is 5.02 Å². The summed E-state index contributed by atoms with van der Waals surface area (Å²) < 4.78 is 4.97. The Hall–Kier alpha value is -2.77. The maximum atomic E-state index is 12.5. The van der Waals surface area contributed by atoms with Gasteiger partial charge < -0.3 is 9.84 Å². The molecule has 2 aromatic carbocycles. The number of carbonyl (C=O) groups is 3. The van der Waals surface area contributed by atoms with Gasteiger partial charge in [-0.3, -0.25) is 19.3 Å². The van der Waals surface area contributed by atoms with Crippen molar-refractivity contribution in [3.63, 3.8) is 0 Å². The van der Waals surface area contributed by atoms with Gasteiger partial charge in [0.05, 0.1) is 18.6 Å². The second-order valence-corrected chi connectivity index (χ2v) is 7.06. The molecule has 6 nitrogen and oxygen atoms in total. The number of ether oxygens (including phenoxy) is 1. The molecule has 0 aromatic heterocycles. The third-order valence-electron chi connectivity index (χ3n) is 3.84. The van der Waals surface area contributed by atoms with Crippen LogP contribution in [0.15, 0.2) is 47.4 Å². The van der Waals surface area contributed by atoms with Crippen molar-refractivity contribution in [2.45, 2.75) is 0 Å². The summed E-state index contributed by atoms with van der Waals surface area (Å²) in [6.07, 6.45) is 1.48. The highest BCUT2D eigenvalue weighted by Crippen LogP contribution is 2.34. The molecular formula is C19H14ClNO5S. The molecular weight excluding hydrogens is 390 g/mol. The van der Waals surface area contributed by atoms with E-state index < -0.39 is 11.1 Å². The monoisotopic (exact) mass is 403 g/mol. The fraction of sp³-hybridized carbons (Fsp3) is 0.105. The van der Waals surface area contributed by atoms with E-state index in [0.717, 1.165) is 16.7 Å². The van der Waals surface area contributed by atoms with E-state index in [1.165, 1.54) is 19.3 Å². The molecule has 0 radical (unpaired) electrons. The Balaban J connectivity index is 1.77. The number of phenols is 1. The van der Waals surface area contributed by atoms with Gasteiger partial charge in [0.15, 0.2) is 17.3 Å². The van der Waals surface area contributed by atoms with Crippen molar-refractivity contribution in [2.24, 2.45) is 0 Å². The van der Waals surface area contributed by atoms with E-state index >= 15 is 0 Å². The predicted molar refractivity (Wildman–Crippen MR) is 103 cm³/mol. The molecule has 0 saturated carbocycles. The number of halogens is 1. The minimum absolute atomic E-state index is 0.0802. The van der Waals surface area contributed by atoms with E-state index in [1.807, 2.05) is 0 Å². The van der Waals surface area contributed by atoms with Crippen LogP contribution < -0.4 is 4.74 Å². The number of amides is 2. The van der Waals surface area contributed by atoms with Crippen molar-refractivity contribution in [3.8, 4) is 11.5 Å². The number of nitrogens with zero attached hydrogens (tertiary/aromatic N) is 1. The number of hydrogen-bond acceptors (Lipinski definition) is 6. The lowest BCUT2D eigenvalue weighted by Crippen LogP contribution is -2.33. The van der Waals surface area contributed by atoms with Gasteiger partial charge in [-0.15, -0.1) is 0 Å². The lowest BCUT2D eigenvalue weighted by Gasteiger charge is -2.11. The van der Waals surface area contributed by atoms with Gasteiger partial charge in [-0.25, -0.2) is 0 Å². The molecule has 27 heavy (non-hydrogen) atoms. The van der Waals surface area contributed by atoms with Crippen LogP contribution in [0.25, 0.3) is 6.08 Å². The highest BCUT2D eigenvalue weighted by atomic mass is 35.5. The van der Waals surface area contributed by atoms with Crippen LogP contribution in [-0.2, 0) is 4.79 Å². The molecule has 0 aliphatic carbocycles. The van der Waals surface area contributed by atoms with Crippen LogP contribution in [-0.4, -0.2) is 40.6 Å². The van der Waals surface area contributed by atoms with Crippen molar-refractivity contribution < 1.29 is 24.2 Å². The number of thioether (sulfide) groups is 1. The SMILES string of the molecule is COc1ccc(/C=C2/SC(=O)N(CC(=O)c3ccc(Cl)cc3)C2=O)cc1O. The van der Waals surface area contributed by atoms with Crippen LogP contribution >= 0.6 is 23.4 Å². The largest absolute Gasteiger partial charge is 0.504 e. The van der Waals surface area contributed by atoms with Crippen molar-refractivity contribution >= 4 is 46.4 Å². The molecule has 1 aliphatic rings. The van der Waals surface area contributed by atoms with Gasteiger partial charge in [-0.1, -0.05) is 17.7 Å². The number of hydrogen-bond donors (Lipinski definition) is 1. The molecule has 1 saturated heterocycles. The molecule has 0 bridgehead atoms. The van der Waals surface area contributed by atoms with Gasteiger partial charge in [0, 0.05) is 10.6 Å². The van der Waals surface area contributed by atoms with Crippen LogP contribution in [0, 0.1) is 0 Å². The summed E-state index contributed by atoms with van der Waals surface area (Å²) in [5.41, 5.74) is 0.894. The summed E-state index contributed by atoms with van der Waals surface area (Å²) in [4.78, 5) is 38.1. The van der Waals surface area contributed by atoms with Gasteiger partial charge in [0.25, 0.3) is 11.1 Å². The summed E-state index contributed by atoms with van der Waals surface area (Å²) >= 11 is 6.54. The second kappa shape index (κ2) is 7.85. The molecule has 1 N–H and O–H groups in total. The number of phenolic OH excluding ortho intramolecular Hbond substituents is 1. The lowest BCUT2D eigenvalue weighted by atomic mass is 10.1. The van der Waals surface area contributed by atoms with Gasteiger partial charge in [-0.05, 0) is 59.8 Å². The summed E-state index contributed by atoms with van der Waals surface area (Å²) in [5.74, 6) is -0.697. The van der Waals surface area contributed by atoms with Gasteiger partial charge in [-0.2, -0.15) is 0 Å². The maximum absolute atomic E-state index is 12.5. The molecule has 1 heterocycles. The minimum Gasteiger partial charge on any atom is -0.504 e. The Labute approximate surface area is 164 Å². The zero-order chi connectivity index (χ0) is 19.6. The topological polar surface area (TPSA) is 83.9 Å². The Kier molecular flexibility index (Phi) is 5.53. The number of aromatic hydroxyl groups is 1. The van der Waals surface area contributed by atoms with Crippen LogP contribution in [0.3, 0.4) is 0 Å². The lowest BCUT2D eigenvalue weighted by molar-refractivity contribution is -0.122. The number of benzene rings is 2. The maximum Gasteiger partial charge on any atom is 0.293 e. The van der Waals surface area contributed by atoms with Crippen LogP contribution in [0.1, 0.15) is 15.9 Å². The highest BCUT2D eigenvalue weighted by Gasteiger charge is 2.36. The fourth-order valence-corrected chi connectivity index (χ4v) is 3.42. The summed E-state index contributed by atoms with van der Waals surface area (Å²) in [6.45, 7) is -0.350. The first-order chi connectivity index (χ1) is 12.9. The summed E-state index contributed by atoms with van der Waals surface area (Å²) in [5, 5.41) is 9.79. The number of imide groups is 1. The first-order valence-electron chi connectivity index (χ1n) is 7.80. The van der Waals surface area contributed by atoms with Gasteiger partial charge in [0.1, 0.15) is 0 Å². The molecule has 0 unspecified atom stereocenters. The third kappa shape index (κ3) is 4.15. The standard InChI is InChI=1S/C19H14ClNO5S/c1-26-16-7-2-11(8-14(16)22)9-17-18(24)21(19(25)27-17)10-15(23)12-3-5-13(20)6-4-12/h2-9,22H,10H2,1H3/b17-9+. The minimum atomic E-state index is -0.553. The van der Waals surface area contributed by atoms with E-state index in [2.05, 4.69) is 0 Å². The second-order valence-electron chi connectivity index (χ2n) is 5.63. The molecule has 0 spiro atoms. The smallest absolute Gasteiger partial charge is 0.293 e. The van der Waals surface area contributed by atoms with E-state index in [9.17, 15) is 19.5 Å². The zero-order valence-corrected chi connectivity index (χ0v) is 15.7. The van der Waals surface area contributed by atoms with E-state index in [0.29, 0.717) is 21.9 Å². The molecule has 2 amide bonds. The summed E-state index contributed by atoms with van der Waals surface area (Å²) in [7, 11) is 1.43. The number of carbonyl (C=O) groups excluding carboxylic acids is 3. The fourth-order valence-electron chi connectivity index (χ4n) is 2.46. The number of Topliss-reactive ketones (excluding diaryl/α,β-unsaturated/α-hetero) is 1. The molecule has 1 fully saturated rings. The van der Waals surface area contributed by atoms with Crippen LogP contribution in [0.4, 0.5) is 4.79 Å². The molecule has 138 valence electrons. The molecule has 0 atom stereocenters. The Morgan fingerprint density at radius 1 is 1.22 bits per heavy atom. The molecule has 1 aliphatic heterocycles. The van der Waals surface area contributed by atoms with E-state index in [-0.39, 0.29) is 23.0 Å². The average Bonchev–Trinajstić information content (AvgIpc) is 2.90. The number of rotatable bonds is 5. The quantitative estimate of drug-likeness (QED) is 0.600. The zero-order valence-electron chi connectivity index (χ0n) is 14.1. The Morgan fingerprint density at radius 3 is 2.56 bits per heavy atom. The first-order valence-corrected chi connectivity index (χ1v) is 8.99. The first kappa shape index (κ1) is 19.0. The average molecular weight is 404 g/mol. The van der Waals surface area contributed by atoms with Crippen LogP contribution in [0.5, 0.6) is 11.5 Å². The summed E-state index contributed by atoms with van der Waals surface area (Å²) in [6, 6.07) is 10.8. The van der Waals surface area contributed by atoms with E-state index in [1.54, 1.807) is 36.4 Å². The Bertz CT molecular complexity index is 955. The predicted octanol–water partition coefficient (Wildman–Crippen LogP) is 3.97. The van der Waals surface area contributed by atoms with Crippen molar-refractivity contribution in [3.05, 3.63) is 63.5 Å². The molecule has 2 aromatic rings. The Morgan fingerprint density at radius 2 is 1.93 bits per heavy atom. The van der Waals surface area contributed by atoms with Crippen molar-refractivity contribution in [2.75, 3.05) is 13.7 Å². The van der Waals surface area contributed by atoms with Gasteiger partial charge in [0.2, 0.25) is 0 Å². The van der Waals surface area contributed by atoms with E-state index in [4.69, 9.17) is 16.3 Å². The third-order valence-corrected chi connectivity index (χ3v) is 5.00. The van der Waals surface area contributed by atoms with Crippen molar-refractivity contribution in [1.82, 2.24) is 4.90 Å². The number of ketones is 1. The van der Waals surface area contributed by atoms with Crippen molar-refractivity contribution in [1.29, 1.82) is 0 Å². The van der Waals surface area contributed by atoms with Gasteiger partial charge >= 0.3 is 0 Å².